The summed E-state index contributed by atoms with van der Waals surface area (Å²) < 4.78 is 27.2. The van der Waals surface area contributed by atoms with E-state index in [2.05, 4.69) is 11.6 Å². The molecule has 2 rings (SSSR count). The predicted molar refractivity (Wildman–Crippen MR) is 74.5 cm³/mol. The smallest absolute Gasteiger partial charge is 0.244 e. The second-order valence-corrected chi connectivity index (χ2v) is 7.08. The molecule has 2 atom stereocenters. The van der Waals surface area contributed by atoms with E-state index in [0.29, 0.717) is 5.92 Å². The molecule has 0 spiro atoms. The van der Waals surface area contributed by atoms with E-state index in [4.69, 9.17) is 0 Å². The average Bonchev–Trinajstić information content (AvgIpc) is 2.54. The third kappa shape index (κ3) is 3.70. The Morgan fingerprint density at radius 1 is 1.16 bits per heavy atom. The molecule has 0 heterocycles. The van der Waals surface area contributed by atoms with Gasteiger partial charge < -0.3 is 5.11 Å². The molecule has 1 aromatic carbocycles. The Bertz CT molecular complexity index is 527. The van der Waals surface area contributed by atoms with Crippen molar-refractivity contribution in [3.8, 4) is 5.75 Å². The minimum Gasteiger partial charge on any atom is -0.507 e. The summed E-state index contributed by atoms with van der Waals surface area (Å²) >= 11 is 0. The van der Waals surface area contributed by atoms with Gasteiger partial charge in [-0.15, -0.1) is 0 Å². The van der Waals surface area contributed by atoms with Crippen LogP contribution in [0.15, 0.2) is 29.2 Å². The van der Waals surface area contributed by atoms with Gasteiger partial charge in [0.15, 0.2) is 0 Å². The summed E-state index contributed by atoms with van der Waals surface area (Å²) in [6.07, 6.45) is 5.00. The highest BCUT2D eigenvalue weighted by Crippen LogP contribution is 2.26. The van der Waals surface area contributed by atoms with Gasteiger partial charge in [-0.1, -0.05) is 31.9 Å². The lowest BCUT2D eigenvalue weighted by molar-refractivity contribution is 0.454. The van der Waals surface area contributed by atoms with Gasteiger partial charge >= 0.3 is 0 Å². The van der Waals surface area contributed by atoms with Gasteiger partial charge in [0.25, 0.3) is 0 Å². The highest BCUT2D eigenvalue weighted by molar-refractivity contribution is 7.89. The van der Waals surface area contributed by atoms with Crippen molar-refractivity contribution in [1.82, 2.24) is 4.72 Å². The molecule has 1 saturated carbocycles. The van der Waals surface area contributed by atoms with E-state index in [1.165, 1.54) is 12.1 Å². The molecule has 0 radical (unpaired) electrons. The Balaban J connectivity index is 2.11. The second kappa shape index (κ2) is 5.92. The first-order chi connectivity index (χ1) is 8.99. The van der Waals surface area contributed by atoms with Crippen LogP contribution in [0.25, 0.3) is 0 Å². The van der Waals surface area contributed by atoms with Crippen LogP contribution in [0, 0.1) is 5.92 Å². The van der Waals surface area contributed by atoms with Crippen molar-refractivity contribution >= 4 is 10.0 Å². The monoisotopic (exact) mass is 283 g/mol. The van der Waals surface area contributed by atoms with Crippen LogP contribution in [-0.4, -0.2) is 19.6 Å². The molecule has 106 valence electrons. The molecule has 0 amide bonds. The minimum atomic E-state index is -3.62. The topological polar surface area (TPSA) is 66.4 Å². The molecule has 5 heteroatoms. The molecule has 19 heavy (non-hydrogen) atoms. The molecule has 2 N–H and O–H groups in total. The highest BCUT2D eigenvalue weighted by atomic mass is 32.2. The third-order valence-corrected chi connectivity index (χ3v) is 5.30. The molecule has 2 unspecified atom stereocenters. The zero-order valence-electron chi connectivity index (χ0n) is 11.2. The number of para-hydroxylation sites is 1. The number of hydrogen-bond donors (Lipinski definition) is 2. The molecular formula is C14H21NO3S. The second-order valence-electron chi connectivity index (χ2n) is 5.40. The summed E-state index contributed by atoms with van der Waals surface area (Å²) in [6.45, 7) is 2.21. The van der Waals surface area contributed by atoms with Gasteiger partial charge in [0.05, 0.1) is 0 Å². The van der Waals surface area contributed by atoms with Crippen LogP contribution < -0.4 is 4.72 Å². The first kappa shape index (κ1) is 14.3. The Morgan fingerprint density at radius 2 is 1.89 bits per heavy atom. The van der Waals surface area contributed by atoms with Crippen molar-refractivity contribution in [2.75, 3.05) is 0 Å². The van der Waals surface area contributed by atoms with E-state index in [-0.39, 0.29) is 16.7 Å². The maximum Gasteiger partial charge on any atom is 0.244 e. The van der Waals surface area contributed by atoms with Gasteiger partial charge in [-0.2, -0.15) is 0 Å². The zero-order chi connectivity index (χ0) is 13.9. The number of aromatic hydroxyl groups is 1. The Morgan fingerprint density at radius 3 is 2.63 bits per heavy atom. The van der Waals surface area contributed by atoms with E-state index in [9.17, 15) is 13.5 Å². The largest absolute Gasteiger partial charge is 0.507 e. The standard InChI is InChI=1S/C14H21NO3S/c1-11-5-4-6-12(10-9-11)15-19(17,18)14-8-3-2-7-13(14)16/h2-3,7-8,11-12,15-16H,4-6,9-10H2,1H3. The van der Waals surface area contributed by atoms with Crippen LogP contribution in [0.4, 0.5) is 0 Å². The van der Waals surface area contributed by atoms with Crippen molar-refractivity contribution in [3.63, 3.8) is 0 Å². The summed E-state index contributed by atoms with van der Waals surface area (Å²) in [5.41, 5.74) is 0. The number of hydrogen-bond acceptors (Lipinski definition) is 3. The number of phenolic OH excluding ortho intramolecular Hbond substituents is 1. The van der Waals surface area contributed by atoms with Crippen molar-refractivity contribution in [2.45, 2.75) is 50.0 Å². The van der Waals surface area contributed by atoms with Crippen LogP contribution in [0.1, 0.15) is 39.0 Å². The lowest BCUT2D eigenvalue weighted by Crippen LogP contribution is -2.34. The van der Waals surface area contributed by atoms with Crippen molar-refractivity contribution in [1.29, 1.82) is 0 Å². The number of rotatable bonds is 3. The fraction of sp³-hybridized carbons (Fsp3) is 0.571. The number of sulfonamides is 1. The molecule has 1 aliphatic rings. The molecule has 1 aliphatic carbocycles. The molecule has 1 fully saturated rings. The van der Waals surface area contributed by atoms with Gasteiger partial charge in [0.2, 0.25) is 10.0 Å². The normalized spacial score (nSPS) is 24.9. The van der Waals surface area contributed by atoms with Gasteiger partial charge in [-0.05, 0) is 37.3 Å². The van der Waals surface area contributed by atoms with Gasteiger partial charge in [0, 0.05) is 6.04 Å². The fourth-order valence-electron chi connectivity index (χ4n) is 2.57. The molecular weight excluding hydrogens is 262 g/mol. The molecule has 0 aliphatic heterocycles. The summed E-state index contributed by atoms with van der Waals surface area (Å²) in [6, 6.07) is 6.03. The fourth-order valence-corrected chi connectivity index (χ4v) is 3.97. The maximum absolute atomic E-state index is 12.2. The lowest BCUT2D eigenvalue weighted by atomic mass is 10.0. The zero-order valence-corrected chi connectivity index (χ0v) is 12.0. The Labute approximate surface area is 114 Å². The molecule has 4 nitrogen and oxygen atoms in total. The van der Waals surface area contributed by atoms with Crippen LogP contribution >= 0.6 is 0 Å². The lowest BCUT2D eigenvalue weighted by Gasteiger charge is -2.17. The molecule has 0 bridgehead atoms. The SMILES string of the molecule is CC1CCCC(NS(=O)(=O)c2ccccc2O)CC1. The van der Waals surface area contributed by atoms with Crippen LogP contribution in [0.3, 0.4) is 0 Å². The summed E-state index contributed by atoms with van der Waals surface area (Å²) in [7, 11) is -3.62. The van der Waals surface area contributed by atoms with Gasteiger partial charge in [-0.25, -0.2) is 13.1 Å². The van der Waals surface area contributed by atoms with Crippen LogP contribution in [-0.2, 0) is 10.0 Å². The Kier molecular flexibility index (Phi) is 4.47. The first-order valence-corrected chi connectivity index (χ1v) is 8.27. The van der Waals surface area contributed by atoms with E-state index in [0.717, 1.165) is 32.1 Å². The van der Waals surface area contributed by atoms with Crippen molar-refractivity contribution in [2.24, 2.45) is 5.92 Å². The van der Waals surface area contributed by atoms with Crippen LogP contribution in [0.5, 0.6) is 5.75 Å². The third-order valence-electron chi connectivity index (χ3n) is 3.73. The number of nitrogens with one attached hydrogen (secondary N) is 1. The number of benzene rings is 1. The average molecular weight is 283 g/mol. The summed E-state index contributed by atoms with van der Waals surface area (Å²) in [5.74, 6) is 0.469. The van der Waals surface area contributed by atoms with Crippen molar-refractivity contribution in [3.05, 3.63) is 24.3 Å². The van der Waals surface area contributed by atoms with Crippen molar-refractivity contribution < 1.29 is 13.5 Å². The molecule has 0 saturated heterocycles. The highest BCUT2D eigenvalue weighted by Gasteiger charge is 2.24. The predicted octanol–water partition coefficient (Wildman–Crippen LogP) is 2.64. The van der Waals surface area contributed by atoms with E-state index < -0.39 is 10.0 Å². The van der Waals surface area contributed by atoms with Gasteiger partial charge in [-0.3, -0.25) is 0 Å². The van der Waals surface area contributed by atoms with E-state index in [1.54, 1.807) is 12.1 Å². The number of phenols is 1. The minimum absolute atomic E-state index is 0.0189. The quantitative estimate of drug-likeness (QED) is 0.838. The van der Waals surface area contributed by atoms with Gasteiger partial charge in [0.1, 0.15) is 10.6 Å². The maximum atomic E-state index is 12.2. The van der Waals surface area contributed by atoms with Crippen LogP contribution in [0.2, 0.25) is 0 Å². The first-order valence-electron chi connectivity index (χ1n) is 6.79. The molecule has 1 aromatic rings. The summed E-state index contributed by atoms with van der Waals surface area (Å²) in [5, 5.41) is 9.65. The summed E-state index contributed by atoms with van der Waals surface area (Å²) in [4.78, 5) is -0.0349. The Hall–Kier alpha value is -1.07. The van der Waals surface area contributed by atoms with E-state index in [1.807, 2.05) is 0 Å². The van der Waals surface area contributed by atoms with E-state index >= 15 is 0 Å². The molecule has 0 aromatic heterocycles.